The van der Waals surface area contributed by atoms with Gasteiger partial charge in [-0.1, -0.05) is 46.5 Å². The molecule has 1 fully saturated rings. The normalized spacial score (nSPS) is 34.1. The average molecular weight is 154 g/mol. The van der Waals surface area contributed by atoms with Gasteiger partial charge in [-0.05, 0) is 24.2 Å². The van der Waals surface area contributed by atoms with E-state index in [1.54, 1.807) is 0 Å². The first-order valence-electron chi connectivity index (χ1n) is 5.25. The third-order valence-electron chi connectivity index (χ3n) is 3.40. The third kappa shape index (κ3) is 2.21. The Bertz CT molecular complexity index is 107. The molecule has 1 aliphatic rings. The summed E-state index contributed by atoms with van der Waals surface area (Å²) in [6.07, 6.45) is 7.28. The van der Waals surface area contributed by atoms with Crippen molar-refractivity contribution in [1.82, 2.24) is 0 Å². The van der Waals surface area contributed by atoms with Crippen molar-refractivity contribution in [2.45, 2.75) is 52.9 Å². The Morgan fingerprint density at radius 2 is 2.09 bits per heavy atom. The zero-order valence-corrected chi connectivity index (χ0v) is 8.27. The number of hydrogen-bond acceptors (Lipinski definition) is 0. The molecule has 0 heterocycles. The fraction of sp³-hybridized carbons (Fsp3) is 1.00. The molecule has 3 atom stereocenters. The molecule has 11 heavy (non-hydrogen) atoms. The molecule has 0 radical (unpaired) electrons. The third-order valence-corrected chi connectivity index (χ3v) is 3.40. The Morgan fingerprint density at radius 1 is 1.36 bits per heavy atom. The molecular formula is C11H22. The molecule has 0 unspecified atom stereocenters. The van der Waals surface area contributed by atoms with Gasteiger partial charge in [0.1, 0.15) is 0 Å². The van der Waals surface area contributed by atoms with Gasteiger partial charge >= 0.3 is 0 Å². The molecule has 1 saturated carbocycles. The fourth-order valence-electron chi connectivity index (χ4n) is 2.69. The Hall–Kier alpha value is 0. The highest BCUT2D eigenvalue weighted by Crippen LogP contribution is 2.37. The molecule has 0 heteroatoms. The number of hydrogen-bond donors (Lipinski definition) is 0. The quantitative estimate of drug-likeness (QED) is 0.579. The van der Waals surface area contributed by atoms with E-state index in [1.165, 1.54) is 32.1 Å². The van der Waals surface area contributed by atoms with E-state index in [0.717, 1.165) is 17.8 Å². The largest absolute Gasteiger partial charge is 0.0654 e. The minimum absolute atomic E-state index is 0.984. The maximum Gasteiger partial charge on any atom is -0.0363 e. The molecule has 0 spiro atoms. The van der Waals surface area contributed by atoms with Crippen LogP contribution in [0.2, 0.25) is 0 Å². The van der Waals surface area contributed by atoms with E-state index < -0.39 is 0 Å². The Kier molecular flexibility index (Phi) is 3.42. The molecule has 0 saturated heterocycles. The molecule has 0 aliphatic heterocycles. The van der Waals surface area contributed by atoms with Gasteiger partial charge in [0.15, 0.2) is 0 Å². The van der Waals surface area contributed by atoms with Crippen LogP contribution in [0, 0.1) is 17.8 Å². The molecule has 0 nitrogen and oxygen atoms in total. The lowest BCUT2D eigenvalue weighted by atomic mass is 9.83. The lowest BCUT2D eigenvalue weighted by Crippen LogP contribution is -2.13. The molecule has 0 aromatic heterocycles. The van der Waals surface area contributed by atoms with Crippen LogP contribution >= 0.6 is 0 Å². The van der Waals surface area contributed by atoms with E-state index in [9.17, 15) is 0 Å². The second-order valence-electron chi connectivity index (χ2n) is 4.34. The summed E-state index contributed by atoms with van der Waals surface area (Å²) < 4.78 is 0. The first kappa shape index (κ1) is 9.09. The molecule has 1 rings (SSSR count). The number of rotatable bonds is 3. The van der Waals surface area contributed by atoms with E-state index in [0.29, 0.717) is 0 Å². The zero-order valence-electron chi connectivity index (χ0n) is 8.27. The van der Waals surface area contributed by atoms with Crippen molar-refractivity contribution in [1.29, 1.82) is 0 Å². The first-order chi connectivity index (χ1) is 5.25. The van der Waals surface area contributed by atoms with Crippen LogP contribution in [0.25, 0.3) is 0 Å². The van der Waals surface area contributed by atoms with E-state index >= 15 is 0 Å². The maximum atomic E-state index is 2.44. The summed E-state index contributed by atoms with van der Waals surface area (Å²) in [5.41, 5.74) is 0. The molecule has 1 aliphatic carbocycles. The van der Waals surface area contributed by atoms with Crippen molar-refractivity contribution in [3.63, 3.8) is 0 Å². The molecule has 0 amide bonds. The van der Waals surface area contributed by atoms with Gasteiger partial charge in [-0.3, -0.25) is 0 Å². The van der Waals surface area contributed by atoms with Crippen LogP contribution in [-0.2, 0) is 0 Å². The van der Waals surface area contributed by atoms with Crippen molar-refractivity contribution in [2.75, 3.05) is 0 Å². The predicted octanol–water partition coefficient (Wildman–Crippen LogP) is 3.86. The second-order valence-corrected chi connectivity index (χ2v) is 4.34. The maximum absolute atomic E-state index is 2.44. The summed E-state index contributed by atoms with van der Waals surface area (Å²) in [6.45, 7) is 7.18. The molecule has 0 bridgehead atoms. The molecule has 66 valence electrons. The van der Waals surface area contributed by atoms with Crippen molar-refractivity contribution in [2.24, 2.45) is 17.8 Å². The smallest absolute Gasteiger partial charge is 0.0363 e. The molecule has 0 N–H and O–H groups in total. The molecular weight excluding hydrogens is 132 g/mol. The molecule has 0 aromatic carbocycles. The van der Waals surface area contributed by atoms with Crippen molar-refractivity contribution < 1.29 is 0 Å². The fourth-order valence-corrected chi connectivity index (χ4v) is 2.69. The minimum Gasteiger partial charge on any atom is -0.0654 e. The van der Waals surface area contributed by atoms with Gasteiger partial charge in [-0.25, -0.2) is 0 Å². The van der Waals surface area contributed by atoms with Crippen molar-refractivity contribution in [3.8, 4) is 0 Å². The van der Waals surface area contributed by atoms with Gasteiger partial charge in [-0.2, -0.15) is 0 Å². The molecule has 0 aromatic rings. The highest BCUT2D eigenvalue weighted by Gasteiger charge is 2.27. The van der Waals surface area contributed by atoms with E-state index in [1.807, 2.05) is 0 Å². The predicted molar refractivity (Wildman–Crippen MR) is 50.6 cm³/mol. The van der Waals surface area contributed by atoms with E-state index in [4.69, 9.17) is 0 Å². The van der Waals surface area contributed by atoms with Crippen LogP contribution in [-0.4, -0.2) is 0 Å². The van der Waals surface area contributed by atoms with Gasteiger partial charge in [0.2, 0.25) is 0 Å². The van der Waals surface area contributed by atoms with Crippen LogP contribution in [0.4, 0.5) is 0 Å². The Balaban J connectivity index is 2.33. The summed E-state index contributed by atoms with van der Waals surface area (Å²) in [7, 11) is 0. The average Bonchev–Trinajstić information content (AvgIpc) is 2.36. The lowest BCUT2D eigenvalue weighted by molar-refractivity contribution is 0.278. The van der Waals surface area contributed by atoms with Crippen LogP contribution < -0.4 is 0 Å². The standard InChI is InChI=1S/C11H22/c1-4-6-9(2)11-8-5-7-10(11)3/h9-11H,4-8H2,1-3H3/t9-,10-,11-/m1/s1. The lowest BCUT2D eigenvalue weighted by Gasteiger charge is -2.22. The van der Waals surface area contributed by atoms with Gasteiger partial charge in [-0.15, -0.1) is 0 Å². The van der Waals surface area contributed by atoms with Crippen LogP contribution in [0.1, 0.15) is 52.9 Å². The Morgan fingerprint density at radius 3 is 2.55 bits per heavy atom. The summed E-state index contributed by atoms with van der Waals surface area (Å²) in [5, 5.41) is 0. The summed E-state index contributed by atoms with van der Waals surface area (Å²) in [4.78, 5) is 0. The minimum atomic E-state index is 0.984. The summed E-state index contributed by atoms with van der Waals surface area (Å²) in [5.74, 6) is 3.05. The van der Waals surface area contributed by atoms with Crippen LogP contribution in [0.15, 0.2) is 0 Å². The highest BCUT2D eigenvalue weighted by molar-refractivity contribution is 4.77. The van der Waals surface area contributed by atoms with E-state index in [2.05, 4.69) is 20.8 Å². The van der Waals surface area contributed by atoms with Crippen molar-refractivity contribution >= 4 is 0 Å². The highest BCUT2D eigenvalue weighted by atomic mass is 14.3. The SMILES string of the molecule is CCC[C@@H](C)[C@H]1CCC[C@H]1C. The topological polar surface area (TPSA) is 0 Å². The first-order valence-corrected chi connectivity index (χ1v) is 5.25. The van der Waals surface area contributed by atoms with E-state index in [-0.39, 0.29) is 0 Å². The summed E-state index contributed by atoms with van der Waals surface area (Å²) in [6, 6.07) is 0. The Labute approximate surface area is 71.4 Å². The second kappa shape index (κ2) is 4.13. The van der Waals surface area contributed by atoms with Gasteiger partial charge in [0.25, 0.3) is 0 Å². The van der Waals surface area contributed by atoms with Gasteiger partial charge in [0.05, 0.1) is 0 Å². The van der Waals surface area contributed by atoms with Crippen LogP contribution in [0.5, 0.6) is 0 Å². The van der Waals surface area contributed by atoms with Crippen molar-refractivity contribution in [3.05, 3.63) is 0 Å². The summed E-state index contributed by atoms with van der Waals surface area (Å²) >= 11 is 0. The van der Waals surface area contributed by atoms with Gasteiger partial charge in [0, 0.05) is 0 Å². The van der Waals surface area contributed by atoms with Gasteiger partial charge < -0.3 is 0 Å². The monoisotopic (exact) mass is 154 g/mol. The van der Waals surface area contributed by atoms with Crippen LogP contribution in [0.3, 0.4) is 0 Å². The zero-order chi connectivity index (χ0) is 8.27.